The molecule has 3 rings (SSSR count). The number of pyridine rings is 1. The number of alkyl halides is 1. The summed E-state index contributed by atoms with van der Waals surface area (Å²) in [4.78, 5) is 18.4. The molecule has 21 heavy (non-hydrogen) atoms. The zero-order valence-electron chi connectivity index (χ0n) is 11.8. The minimum Gasteiger partial charge on any atom is -0.370 e. The van der Waals surface area contributed by atoms with Gasteiger partial charge in [-0.25, -0.2) is 0 Å². The van der Waals surface area contributed by atoms with Crippen LogP contribution in [0.3, 0.4) is 0 Å². The molecule has 2 aromatic rings. The van der Waals surface area contributed by atoms with E-state index in [1.807, 2.05) is 24.3 Å². The van der Waals surface area contributed by atoms with Crippen LogP contribution in [0.4, 0.5) is 11.4 Å². The Bertz CT molecular complexity index is 653. The van der Waals surface area contributed by atoms with Crippen molar-refractivity contribution in [1.29, 1.82) is 0 Å². The molecular formula is C16H18ClN3O. The maximum atomic E-state index is 11.5. The van der Waals surface area contributed by atoms with Crippen molar-refractivity contribution in [3.05, 3.63) is 30.5 Å². The number of fused-ring (bicyclic) bond motifs is 1. The molecule has 1 aromatic carbocycles. The summed E-state index contributed by atoms with van der Waals surface area (Å²) >= 11 is 5.57. The summed E-state index contributed by atoms with van der Waals surface area (Å²) in [7, 11) is 0. The fraction of sp³-hybridized carbons (Fsp3) is 0.375. The quantitative estimate of drug-likeness (QED) is 0.884. The van der Waals surface area contributed by atoms with Gasteiger partial charge in [-0.2, -0.15) is 0 Å². The van der Waals surface area contributed by atoms with E-state index < -0.39 is 0 Å². The third-order valence-electron chi connectivity index (χ3n) is 3.84. The van der Waals surface area contributed by atoms with Gasteiger partial charge in [-0.3, -0.25) is 9.78 Å². The molecule has 1 aliphatic heterocycles. The van der Waals surface area contributed by atoms with Crippen LogP contribution >= 0.6 is 11.6 Å². The Labute approximate surface area is 129 Å². The predicted molar refractivity (Wildman–Crippen MR) is 87.2 cm³/mol. The summed E-state index contributed by atoms with van der Waals surface area (Å²) in [6.07, 6.45) is 5.53. The van der Waals surface area contributed by atoms with Crippen molar-refractivity contribution in [3.8, 4) is 0 Å². The molecule has 1 N–H and O–H groups in total. The molecule has 0 unspecified atom stereocenters. The van der Waals surface area contributed by atoms with Crippen molar-refractivity contribution in [1.82, 2.24) is 4.98 Å². The third kappa shape index (κ3) is 2.95. The molecule has 0 atom stereocenters. The highest BCUT2D eigenvalue weighted by atomic mass is 35.5. The second-order valence-electron chi connectivity index (χ2n) is 5.26. The van der Waals surface area contributed by atoms with E-state index in [9.17, 15) is 4.79 Å². The van der Waals surface area contributed by atoms with Crippen molar-refractivity contribution in [2.75, 3.05) is 29.2 Å². The summed E-state index contributed by atoms with van der Waals surface area (Å²) in [5, 5.41) is 3.79. The van der Waals surface area contributed by atoms with Gasteiger partial charge in [0.25, 0.3) is 0 Å². The molecule has 1 amide bonds. The minimum atomic E-state index is -0.201. The fourth-order valence-electron chi connectivity index (χ4n) is 2.84. The molecular weight excluding hydrogens is 286 g/mol. The maximum absolute atomic E-state index is 11.5. The Morgan fingerprint density at radius 2 is 2.05 bits per heavy atom. The molecule has 1 aliphatic rings. The number of nitrogens with one attached hydrogen (secondary N) is 1. The molecule has 0 radical (unpaired) electrons. The predicted octanol–water partition coefficient (Wildman–Crippen LogP) is 3.40. The average Bonchev–Trinajstić information content (AvgIpc) is 2.56. The van der Waals surface area contributed by atoms with E-state index in [1.54, 1.807) is 6.20 Å². The van der Waals surface area contributed by atoms with Gasteiger partial charge in [0.2, 0.25) is 5.91 Å². The first-order chi connectivity index (χ1) is 10.3. The molecule has 110 valence electrons. The lowest BCUT2D eigenvalue weighted by Crippen LogP contribution is -2.29. The summed E-state index contributed by atoms with van der Waals surface area (Å²) in [5.41, 5.74) is 2.85. The fourth-order valence-corrected chi connectivity index (χ4v) is 2.91. The summed E-state index contributed by atoms with van der Waals surface area (Å²) in [5.74, 6) is -0.247. The zero-order valence-corrected chi connectivity index (χ0v) is 12.6. The number of piperidine rings is 1. The molecule has 1 fully saturated rings. The number of aromatic nitrogens is 1. The Morgan fingerprint density at radius 1 is 1.24 bits per heavy atom. The highest BCUT2D eigenvalue weighted by molar-refractivity contribution is 6.29. The molecule has 5 heteroatoms. The molecule has 1 saturated heterocycles. The topological polar surface area (TPSA) is 45.2 Å². The van der Waals surface area contributed by atoms with Crippen molar-refractivity contribution in [2.45, 2.75) is 19.3 Å². The Morgan fingerprint density at radius 3 is 2.81 bits per heavy atom. The highest BCUT2D eigenvalue weighted by Gasteiger charge is 2.16. The lowest BCUT2D eigenvalue weighted by molar-refractivity contribution is -0.113. The van der Waals surface area contributed by atoms with E-state index in [0.29, 0.717) is 0 Å². The van der Waals surface area contributed by atoms with Gasteiger partial charge in [0.1, 0.15) is 5.88 Å². The SMILES string of the molecule is O=C(CCl)Nc1ccc(N2CCCCC2)c2ncccc12. The molecule has 0 spiro atoms. The van der Waals surface area contributed by atoms with Gasteiger partial charge >= 0.3 is 0 Å². The molecule has 4 nitrogen and oxygen atoms in total. The van der Waals surface area contributed by atoms with Gasteiger partial charge in [0.05, 0.1) is 16.9 Å². The van der Waals surface area contributed by atoms with Crippen LogP contribution < -0.4 is 10.2 Å². The van der Waals surface area contributed by atoms with E-state index in [-0.39, 0.29) is 11.8 Å². The van der Waals surface area contributed by atoms with Gasteiger partial charge in [-0.15, -0.1) is 11.6 Å². The van der Waals surface area contributed by atoms with Crippen LogP contribution in [0.1, 0.15) is 19.3 Å². The normalized spacial score (nSPS) is 15.2. The molecule has 1 aromatic heterocycles. The molecule has 2 heterocycles. The van der Waals surface area contributed by atoms with Crippen LogP contribution in [0.25, 0.3) is 10.9 Å². The number of hydrogen-bond donors (Lipinski definition) is 1. The van der Waals surface area contributed by atoms with Crippen molar-refractivity contribution in [2.24, 2.45) is 0 Å². The summed E-state index contributed by atoms with van der Waals surface area (Å²) in [6.45, 7) is 2.14. The number of amides is 1. The summed E-state index contributed by atoms with van der Waals surface area (Å²) < 4.78 is 0. The van der Waals surface area contributed by atoms with E-state index in [2.05, 4.69) is 15.2 Å². The average molecular weight is 304 g/mol. The second kappa shape index (κ2) is 6.31. The molecule has 0 aliphatic carbocycles. The number of rotatable bonds is 3. The van der Waals surface area contributed by atoms with Crippen molar-refractivity contribution in [3.63, 3.8) is 0 Å². The third-order valence-corrected chi connectivity index (χ3v) is 4.08. The molecule has 0 bridgehead atoms. The first-order valence-corrected chi connectivity index (χ1v) is 7.81. The Hall–Kier alpha value is -1.81. The van der Waals surface area contributed by atoms with E-state index in [0.717, 1.165) is 35.4 Å². The molecule has 0 saturated carbocycles. The van der Waals surface area contributed by atoms with Crippen LogP contribution in [-0.2, 0) is 4.79 Å². The van der Waals surface area contributed by atoms with Gasteiger partial charge in [0, 0.05) is 24.7 Å². The summed E-state index contributed by atoms with van der Waals surface area (Å²) in [6, 6.07) is 7.86. The lowest BCUT2D eigenvalue weighted by atomic mass is 10.1. The van der Waals surface area contributed by atoms with E-state index in [1.165, 1.54) is 19.3 Å². The largest absolute Gasteiger partial charge is 0.370 e. The van der Waals surface area contributed by atoms with Crippen LogP contribution in [-0.4, -0.2) is 29.9 Å². The van der Waals surface area contributed by atoms with Crippen LogP contribution in [0.2, 0.25) is 0 Å². The monoisotopic (exact) mass is 303 g/mol. The first-order valence-electron chi connectivity index (χ1n) is 7.28. The van der Waals surface area contributed by atoms with Gasteiger partial charge in [-0.1, -0.05) is 0 Å². The van der Waals surface area contributed by atoms with Gasteiger partial charge in [-0.05, 0) is 43.5 Å². The first kappa shape index (κ1) is 14.1. The minimum absolute atomic E-state index is 0.0460. The van der Waals surface area contributed by atoms with Gasteiger partial charge in [0.15, 0.2) is 0 Å². The number of anilines is 2. The zero-order chi connectivity index (χ0) is 14.7. The Kier molecular flexibility index (Phi) is 4.25. The maximum Gasteiger partial charge on any atom is 0.239 e. The Balaban J connectivity index is 2.03. The van der Waals surface area contributed by atoms with Gasteiger partial charge < -0.3 is 10.2 Å². The number of halogens is 1. The highest BCUT2D eigenvalue weighted by Crippen LogP contribution is 2.32. The number of hydrogen-bond acceptors (Lipinski definition) is 3. The second-order valence-corrected chi connectivity index (χ2v) is 5.53. The van der Waals surface area contributed by atoms with Crippen molar-refractivity contribution < 1.29 is 4.79 Å². The van der Waals surface area contributed by atoms with E-state index in [4.69, 9.17) is 11.6 Å². The van der Waals surface area contributed by atoms with Crippen LogP contribution in [0, 0.1) is 0 Å². The van der Waals surface area contributed by atoms with Crippen LogP contribution in [0.15, 0.2) is 30.5 Å². The number of benzene rings is 1. The van der Waals surface area contributed by atoms with Crippen LogP contribution in [0.5, 0.6) is 0 Å². The standard InChI is InChI=1S/C16H18ClN3O/c17-11-15(21)19-13-6-7-14(20-9-2-1-3-10-20)16-12(13)5-4-8-18-16/h4-8H,1-3,9-11H2,(H,19,21). The lowest BCUT2D eigenvalue weighted by Gasteiger charge is -2.29. The van der Waals surface area contributed by atoms with E-state index >= 15 is 0 Å². The number of nitrogens with zero attached hydrogens (tertiary/aromatic N) is 2. The number of carbonyl (C=O) groups is 1. The smallest absolute Gasteiger partial charge is 0.239 e. The number of carbonyl (C=O) groups excluding carboxylic acids is 1. The van der Waals surface area contributed by atoms with Crippen molar-refractivity contribution >= 4 is 39.8 Å².